The lowest BCUT2D eigenvalue weighted by Gasteiger charge is -2.08. The first-order valence-corrected chi connectivity index (χ1v) is 4.90. The minimum atomic E-state index is 0.462. The van der Waals surface area contributed by atoms with Crippen LogP contribution in [0, 0.1) is 6.92 Å². The van der Waals surface area contributed by atoms with E-state index < -0.39 is 0 Å². The van der Waals surface area contributed by atoms with Gasteiger partial charge in [0.05, 0.1) is 13.0 Å². The molecule has 3 heteroatoms. The highest BCUT2D eigenvalue weighted by molar-refractivity contribution is 9.10. The predicted molar refractivity (Wildman–Crippen MR) is 55.0 cm³/mol. The highest BCUT2D eigenvalue weighted by Crippen LogP contribution is 2.29. The molecule has 0 radical (unpaired) electrons. The molecule has 0 aliphatic heterocycles. The summed E-state index contributed by atoms with van der Waals surface area (Å²) in [5.74, 6) is 1.31. The summed E-state index contributed by atoms with van der Waals surface area (Å²) in [5.41, 5.74) is 2.16. The van der Waals surface area contributed by atoms with E-state index >= 15 is 0 Å². The van der Waals surface area contributed by atoms with Gasteiger partial charge in [0.15, 0.2) is 0 Å². The molecule has 0 N–H and O–H groups in total. The topological polar surface area (TPSA) is 9.23 Å². The number of rotatable bonds is 2. The Balaban J connectivity index is 3.24. The maximum Gasteiger partial charge on any atom is 0.124 e. The molecule has 1 aromatic rings. The van der Waals surface area contributed by atoms with E-state index in [1.54, 1.807) is 7.11 Å². The third-order valence-corrected chi connectivity index (χ3v) is 2.63. The number of benzene rings is 1. The van der Waals surface area contributed by atoms with Crippen molar-refractivity contribution >= 4 is 27.5 Å². The zero-order valence-corrected chi connectivity index (χ0v) is 9.37. The van der Waals surface area contributed by atoms with Crippen LogP contribution in [0.1, 0.15) is 11.1 Å². The van der Waals surface area contributed by atoms with Crippen LogP contribution in [0.15, 0.2) is 16.6 Å². The van der Waals surface area contributed by atoms with Gasteiger partial charge in [-0.1, -0.05) is 15.9 Å². The molecule has 0 saturated heterocycles. The number of alkyl halides is 1. The molecular formula is C9H10BrClO. The van der Waals surface area contributed by atoms with Crippen molar-refractivity contribution in [1.82, 2.24) is 0 Å². The Morgan fingerprint density at radius 1 is 1.50 bits per heavy atom. The van der Waals surface area contributed by atoms with E-state index in [1.807, 2.05) is 19.1 Å². The molecule has 66 valence electrons. The van der Waals surface area contributed by atoms with Crippen molar-refractivity contribution in [3.63, 3.8) is 0 Å². The predicted octanol–water partition coefficient (Wildman–Crippen LogP) is 3.50. The van der Waals surface area contributed by atoms with Crippen molar-refractivity contribution in [2.24, 2.45) is 0 Å². The first kappa shape index (κ1) is 9.87. The molecule has 0 aliphatic rings. The molecule has 1 rings (SSSR count). The van der Waals surface area contributed by atoms with Gasteiger partial charge in [0.25, 0.3) is 0 Å². The summed E-state index contributed by atoms with van der Waals surface area (Å²) in [6.07, 6.45) is 0. The van der Waals surface area contributed by atoms with Crippen LogP contribution >= 0.6 is 27.5 Å². The second kappa shape index (κ2) is 4.15. The van der Waals surface area contributed by atoms with Crippen molar-refractivity contribution < 1.29 is 4.74 Å². The zero-order chi connectivity index (χ0) is 9.14. The standard InChI is InChI=1S/C9H10BrClO/c1-6-3-8(10)7(5-11)9(4-6)12-2/h3-4H,5H2,1-2H3. The Morgan fingerprint density at radius 2 is 2.17 bits per heavy atom. The Morgan fingerprint density at radius 3 is 2.67 bits per heavy atom. The van der Waals surface area contributed by atoms with Crippen molar-refractivity contribution in [2.75, 3.05) is 7.11 Å². The minimum Gasteiger partial charge on any atom is -0.496 e. The van der Waals surface area contributed by atoms with Gasteiger partial charge in [-0.2, -0.15) is 0 Å². The fourth-order valence-corrected chi connectivity index (χ4v) is 2.19. The zero-order valence-electron chi connectivity index (χ0n) is 7.03. The lowest BCUT2D eigenvalue weighted by molar-refractivity contribution is 0.410. The molecule has 0 aliphatic carbocycles. The second-order valence-electron chi connectivity index (χ2n) is 2.56. The summed E-state index contributed by atoms with van der Waals surface area (Å²) in [7, 11) is 1.65. The number of ether oxygens (including phenoxy) is 1. The van der Waals surface area contributed by atoms with Gasteiger partial charge in [-0.05, 0) is 24.6 Å². The summed E-state index contributed by atoms with van der Waals surface area (Å²) in [6.45, 7) is 2.02. The van der Waals surface area contributed by atoms with Gasteiger partial charge in [0, 0.05) is 10.0 Å². The van der Waals surface area contributed by atoms with Crippen LogP contribution in [0.25, 0.3) is 0 Å². The number of aryl methyl sites for hydroxylation is 1. The molecule has 12 heavy (non-hydrogen) atoms. The first-order valence-electron chi connectivity index (χ1n) is 3.58. The maximum absolute atomic E-state index is 5.76. The average Bonchev–Trinajstić information content (AvgIpc) is 2.03. The fraction of sp³-hybridized carbons (Fsp3) is 0.333. The summed E-state index contributed by atoms with van der Waals surface area (Å²) in [5, 5.41) is 0. The second-order valence-corrected chi connectivity index (χ2v) is 3.68. The highest BCUT2D eigenvalue weighted by atomic mass is 79.9. The van der Waals surface area contributed by atoms with E-state index in [0.717, 1.165) is 21.3 Å². The van der Waals surface area contributed by atoms with Crippen LogP contribution in [0.4, 0.5) is 0 Å². The molecule has 0 unspecified atom stereocenters. The van der Waals surface area contributed by atoms with Crippen LogP contribution in [-0.2, 0) is 5.88 Å². The summed E-state index contributed by atoms with van der Waals surface area (Å²) in [6, 6.07) is 4.00. The summed E-state index contributed by atoms with van der Waals surface area (Å²) < 4.78 is 6.19. The largest absolute Gasteiger partial charge is 0.496 e. The third kappa shape index (κ3) is 1.93. The Bertz CT molecular complexity index is 286. The van der Waals surface area contributed by atoms with E-state index in [9.17, 15) is 0 Å². The molecule has 0 fully saturated rings. The molecule has 0 heterocycles. The highest BCUT2D eigenvalue weighted by Gasteiger charge is 2.06. The van der Waals surface area contributed by atoms with Crippen molar-refractivity contribution in [3.05, 3.63) is 27.7 Å². The van der Waals surface area contributed by atoms with E-state index in [2.05, 4.69) is 15.9 Å². The van der Waals surface area contributed by atoms with Crippen LogP contribution in [0.3, 0.4) is 0 Å². The van der Waals surface area contributed by atoms with Crippen LogP contribution in [0.5, 0.6) is 5.75 Å². The first-order chi connectivity index (χ1) is 5.69. The molecular weight excluding hydrogens is 239 g/mol. The van der Waals surface area contributed by atoms with Gasteiger partial charge in [-0.3, -0.25) is 0 Å². The fourth-order valence-electron chi connectivity index (χ4n) is 1.05. The Labute approximate surface area is 85.8 Å². The lowest BCUT2D eigenvalue weighted by atomic mass is 10.1. The third-order valence-electron chi connectivity index (χ3n) is 1.65. The van der Waals surface area contributed by atoms with Crippen LogP contribution in [0.2, 0.25) is 0 Å². The van der Waals surface area contributed by atoms with Gasteiger partial charge >= 0.3 is 0 Å². The monoisotopic (exact) mass is 248 g/mol. The molecule has 0 spiro atoms. The Hall–Kier alpha value is -0.210. The number of halogens is 2. The van der Waals surface area contributed by atoms with Crippen molar-refractivity contribution in [2.45, 2.75) is 12.8 Å². The van der Waals surface area contributed by atoms with E-state index in [4.69, 9.17) is 16.3 Å². The molecule has 1 aromatic carbocycles. The van der Waals surface area contributed by atoms with Gasteiger partial charge in [0.1, 0.15) is 5.75 Å². The van der Waals surface area contributed by atoms with Crippen molar-refractivity contribution in [1.29, 1.82) is 0 Å². The van der Waals surface area contributed by atoms with Crippen LogP contribution < -0.4 is 4.74 Å². The molecule has 0 aromatic heterocycles. The Kier molecular flexibility index (Phi) is 3.41. The average molecular weight is 250 g/mol. The SMILES string of the molecule is COc1cc(C)cc(Br)c1CCl. The normalized spacial score (nSPS) is 10.0. The van der Waals surface area contributed by atoms with E-state index in [-0.39, 0.29) is 0 Å². The van der Waals surface area contributed by atoms with Gasteiger partial charge in [-0.25, -0.2) is 0 Å². The smallest absolute Gasteiger partial charge is 0.124 e. The van der Waals surface area contributed by atoms with E-state index in [0.29, 0.717) is 5.88 Å². The number of hydrogen-bond donors (Lipinski definition) is 0. The number of methoxy groups -OCH3 is 1. The summed E-state index contributed by atoms with van der Waals surface area (Å²) >= 11 is 9.19. The van der Waals surface area contributed by atoms with E-state index in [1.165, 1.54) is 0 Å². The summed E-state index contributed by atoms with van der Waals surface area (Å²) in [4.78, 5) is 0. The van der Waals surface area contributed by atoms with Gasteiger partial charge < -0.3 is 4.74 Å². The molecule has 0 atom stereocenters. The molecule has 0 bridgehead atoms. The van der Waals surface area contributed by atoms with Gasteiger partial charge in [0.2, 0.25) is 0 Å². The van der Waals surface area contributed by atoms with Gasteiger partial charge in [-0.15, -0.1) is 11.6 Å². The number of hydrogen-bond acceptors (Lipinski definition) is 1. The van der Waals surface area contributed by atoms with Crippen molar-refractivity contribution in [3.8, 4) is 5.75 Å². The quantitative estimate of drug-likeness (QED) is 0.729. The molecule has 0 amide bonds. The maximum atomic E-state index is 5.76. The molecule has 0 saturated carbocycles. The van der Waals surface area contributed by atoms with Crippen LogP contribution in [-0.4, -0.2) is 7.11 Å². The molecule has 1 nitrogen and oxygen atoms in total. The lowest BCUT2D eigenvalue weighted by Crippen LogP contribution is -1.91. The minimum absolute atomic E-state index is 0.462.